The highest BCUT2D eigenvalue weighted by Crippen LogP contribution is 2.36. The number of carboxylic acids is 1. The van der Waals surface area contributed by atoms with E-state index in [1.165, 1.54) is 6.92 Å². The number of carbonyl (C=O) groups is 2. The fourth-order valence-electron chi connectivity index (χ4n) is 1.76. The van der Waals surface area contributed by atoms with E-state index in [9.17, 15) is 9.59 Å². The van der Waals surface area contributed by atoms with Crippen LogP contribution in [0.1, 0.15) is 47.5 Å². The fraction of sp³-hybridized carbons (Fsp3) is 0.833. The van der Waals surface area contributed by atoms with E-state index < -0.39 is 11.4 Å². The Hall–Kier alpha value is -1.06. The normalized spacial score (nSPS) is 15.3. The second-order valence-electron chi connectivity index (χ2n) is 5.34. The first-order valence-corrected chi connectivity index (χ1v) is 5.50. The van der Waals surface area contributed by atoms with Crippen molar-refractivity contribution in [1.29, 1.82) is 0 Å². The molecule has 0 aliphatic heterocycles. The van der Waals surface area contributed by atoms with Gasteiger partial charge in [0.25, 0.3) is 0 Å². The van der Waals surface area contributed by atoms with Crippen LogP contribution in [0, 0.1) is 10.8 Å². The lowest BCUT2D eigenvalue weighted by Gasteiger charge is -2.33. The molecule has 0 aromatic carbocycles. The van der Waals surface area contributed by atoms with Crippen molar-refractivity contribution >= 4 is 11.9 Å². The quantitative estimate of drug-likeness (QED) is 0.712. The lowest BCUT2D eigenvalue weighted by atomic mass is 9.73. The number of carboxylic acid groups (broad SMARTS) is 1. The molecule has 1 N–H and O–H groups in total. The van der Waals surface area contributed by atoms with Crippen molar-refractivity contribution in [2.24, 2.45) is 10.8 Å². The molecule has 16 heavy (non-hydrogen) atoms. The molecule has 0 fully saturated rings. The molecule has 0 aromatic rings. The number of aliphatic carboxylic acids is 1. The molecule has 0 radical (unpaired) electrons. The smallest absolute Gasteiger partial charge is 0.309 e. The zero-order valence-electron chi connectivity index (χ0n) is 10.8. The summed E-state index contributed by atoms with van der Waals surface area (Å²) in [6, 6.07) is 0. The molecular weight excluding hydrogens is 208 g/mol. The van der Waals surface area contributed by atoms with Crippen molar-refractivity contribution < 1.29 is 19.4 Å². The predicted molar refractivity (Wildman–Crippen MR) is 61.1 cm³/mol. The Balaban J connectivity index is 4.54. The maximum atomic E-state index is 11.2. The highest BCUT2D eigenvalue weighted by Gasteiger charge is 2.37. The van der Waals surface area contributed by atoms with Crippen molar-refractivity contribution in [3.63, 3.8) is 0 Å². The van der Waals surface area contributed by atoms with Crippen LogP contribution in [0.4, 0.5) is 0 Å². The van der Waals surface area contributed by atoms with E-state index in [1.54, 1.807) is 6.92 Å². The minimum Gasteiger partial charge on any atom is -0.481 e. The van der Waals surface area contributed by atoms with Crippen molar-refractivity contribution in [3.05, 3.63) is 0 Å². The summed E-state index contributed by atoms with van der Waals surface area (Å²) in [5.74, 6) is -1.13. The van der Waals surface area contributed by atoms with Gasteiger partial charge in [0, 0.05) is 12.3 Å². The number of rotatable bonds is 6. The minimum atomic E-state index is -0.800. The summed E-state index contributed by atoms with van der Waals surface area (Å²) in [4.78, 5) is 21.9. The molecule has 0 aromatic heterocycles. The van der Waals surface area contributed by atoms with Gasteiger partial charge in [-0.3, -0.25) is 9.59 Å². The van der Waals surface area contributed by atoms with Crippen LogP contribution >= 0.6 is 0 Å². The van der Waals surface area contributed by atoms with Gasteiger partial charge in [-0.15, -0.1) is 0 Å². The Kier molecular flexibility index (Phi) is 4.97. The molecule has 0 saturated carbocycles. The average Bonchev–Trinajstić information content (AvgIpc) is 2.14. The standard InChI is InChI=1S/C12H22O4/c1-6-12(5,10(14)15)7-11(3,4)8-16-9(2)13/h6-8H2,1-5H3,(H,14,15). The van der Waals surface area contributed by atoms with E-state index in [0.29, 0.717) is 12.8 Å². The monoisotopic (exact) mass is 230 g/mol. The van der Waals surface area contributed by atoms with Gasteiger partial charge in [-0.2, -0.15) is 0 Å². The summed E-state index contributed by atoms with van der Waals surface area (Å²) >= 11 is 0. The minimum absolute atomic E-state index is 0.255. The van der Waals surface area contributed by atoms with E-state index >= 15 is 0 Å². The lowest BCUT2D eigenvalue weighted by Crippen LogP contribution is -2.35. The Labute approximate surface area is 97.0 Å². The van der Waals surface area contributed by atoms with Crippen LogP contribution in [0.25, 0.3) is 0 Å². The Morgan fingerprint density at radius 1 is 1.25 bits per heavy atom. The van der Waals surface area contributed by atoms with Gasteiger partial charge >= 0.3 is 11.9 Å². The Morgan fingerprint density at radius 3 is 2.06 bits per heavy atom. The van der Waals surface area contributed by atoms with E-state index in [4.69, 9.17) is 9.84 Å². The summed E-state index contributed by atoms with van der Waals surface area (Å²) in [5, 5.41) is 9.17. The summed E-state index contributed by atoms with van der Waals surface area (Å²) in [5.41, 5.74) is -1.08. The summed E-state index contributed by atoms with van der Waals surface area (Å²) in [7, 11) is 0. The molecule has 4 nitrogen and oxygen atoms in total. The molecule has 0 saturated heterocycles. The highest BCUT2D eigenvalue weighted by atomic mass is 16.5. The van der Waals surface area contributed by atoms with Crippen LogP contribution in [-0.4, -0.2) is 23.7 Å². The second-order valence-corrected chi connectivity index (χ2v) is 5.34. The summed E-state index contributed by atoms with van der Waals surface area (Å²) < 4.78 is 4.94. The van der Waals surface area contributed by atoms with Crippen LogP contribution in [0.5, 0.6) is 0 Å². The van der Waals surface area contributed by atoms with E-state index in [2.05, 4.69) is 0 Å². The third kappa shape index (κ3) is 4.64. The van der Waals surface area contributed by atoms with Gasteiger partial charge in [0.05, 0.1) is 12.0 Å². The first kappa shape index (κ1) is 14.9. The molecule has 0 bridgehead atoms. The van der Waals surface area contributed by atoms with Crippen molar-refractivity contribution in [3.8, 4) is 0 Å². The van der Waals surface area contributed by atoms with Crippen molar-refractivity contribution in [1.82, 2.24) is 0 Å². The van der Waals surface area contributed by atoms with Crippen LogP contribution in [0.15, 0.2) is 0 Å². The van der Waals surface area contributed by atoms with Gasteiger partial charge < -0.3 is 9.84 Å². The molecule has 0 rings (SSSR count). The maximum absolute atomic E-state index is 11.2. The molecule has 0 spiro atoms. The molecule has 94 valence electrons. The molecule has 0 aliphatic carbocycles. The van der Waals surface area contributed by atoms with Crippen molar-refractivity contribution in [2.45, 2.75) is 47.5 Å². The number of ether oxygens (including phenoxy) is 1. The molecule has 1 atom stereocenters. The van der Waals surface area contributed by atoms with Crippen LogP contribution in [0.3, 0.4) is 0 Å². The van der Waals surface area contributed by atoms with Gasteiger partial charge in [-0.25, -0.2) is 0 Å². The SMILES string of the molecule is CCC(C)(CC(C)(C)COC(C)=O)C(=O)O. The maximum Gasteiger partial charge on any atom is 0.309 e. The summed E-state index contributed by atoms with van der Waals surface area (Å²) in [6.07, 6.45) is 1.05. The van der Waals surface area contributed by atoms with Crippen LogP contribution in [-0.2, 0) is 14.3 Å². The molecule has 4 heteroatoms. The Bertz CT molecular complexity index is 270. The molecule has 1 unspecified atom stereocenters. The van der Waals surface area contributed by atoms with Gasteiger partial charge in [-0.1, -0.05) is 20.8 Å². The number of esters is 1. The third-order valence-corrected chi connectivity index (χ3v) is 2.83. The summed E-state index contributed by atoms with van der Waals surface area (Å²) in [6.45, 7) is 9.01. The second kappa shape index (κ2) is 5.32. The largest absolute Gasteiger partial charge is 0.481 e. The fourth-order valence-corrected chi connectivity index (χ4v) is 1.76. The zero-order chi connectivity index (χ0) is 13.0. The van der Waals surface area contributed by atoms with E-state index in [0.717, 1.165) is 0 Å². The van der Waals surface area contributed by atoms with Gasteiger partial charge in [-0.05, 0) is 19.8 Å². The first-order valence-electron chi connectivity index (χ1n) is 5.50. The lowest BCUT2D eigenvalue weighted by molar-refractivity contribution is -0.152. The Morgan fingerprint density at radius 2 is 1.75 bits per heavy atom. The molecule has 0 heterocycles. The topological polar surface area (TPSA) is 63.6 Å². The zero-order valence-corrected chi connectivity index (χ0v) is 10.8. The van der Waals surface area contributed by atoms with Gasteiger partial charge in [0.2, 0.25) is 0 Å². The highest BCUT2D eigenvalue weighted by molar-refractivity contribution is 5.74. The van der Waals surface area contributed by atoms with E-state index in [1.807, 2.05) is 20.8 Å². The number of hydrogen-bond acceptors (Lipinski definition) is 3. The predicted octanol–water partition coefficient (Wildman–Crippen LogP) is 2.47. The molecular formula is C12H22O4. The van der Waals surface area contributed by atoms with Crippen molar-refractivity contribution in [2.75, 3.05) is 6.61 Å². The number of hydrogen-bond donors (Lipinski definition) is 1. The van der Waals surface area contributed by atoms with Gasteiger partial charge in [0.15, 0.2) is 0 Å². The van der Waals surface area contributed by atoms with Gasteiger partial charge in [0.1, 0.15) is 0 Å². The third-order valence-electron chi connectivity index (χ3n) is 2.83. The molecule has 0 aliphatic rings. The van der Waals surface area contributed by atoms with E-state index in [-0.39, 0.29) is 18.0 Å². The average molecular weight is 230 g/mol. The van der Waals surface area contributed by atoms with Crippen LogP contribution in [0.2, 0.25) is 0 Å². The molecule has 0 amide bonds. The first-order chi connectivity index (χ1) is 7.13. The van der Waals surface area contributed by atoms with Crippen LogP contribution < -0.4 is 0 Å². The number of carbonyl (C=O) groups excluding carboxylic acids is 1.